The van der Waals surface area contributed by atoms with Crippen molar-refractivity contribution in [3.63, 3.8) is 0 Å². The van der Waals surface area contributed by atoms with Gasteiger partial charge in [0, 0.05) is 41.1 Å². The summed E-state index contributed by atoms with van der Waals surface area (Å²) < 4.78 is 69.8. The number of carbonyl (C=O) groups excluding carboxylic acids is 8. The molecule has 24 heteroatoms. The quantitative estimate of drug-likeness (QED) is 0.0226. The first-order chi connectivity index (χ1) is 42.5. The smallest absolute Gasteiger partial charge is 0.409 e. The molecule has 9 N–H and O–H groups in total. The zero-order chi connectivity index (χ0) is 65.6. The number of allylic oxidation sites excluding steroid dienone is 6. The van der Waals surface area contributed by atoms with Gasteiger partial charge in [0.1, 0.15) is 38.2 Å². The summed E-state index contributed by atoms with van der Waals surface area (Å²) in [7, 11) is 0. The Hall–Kier alpha value is -6.34. The van der Waals surface area contributed by atoms with E-state index in [1.54, 1.807) is 58.9 Å². The lowest BCUT2D eigenvalue weighted by Gasteiger charge is -2.63. The zero-order valence-corrected chi connectivity index (χ0v) is 53.6. The van der Waals surface area contributed by atoms with Gasteiger partial charge in [0.15, 0.2) is 29.1 Å². The number of Topliss-reactive ketones (excluding diaryl/α,β-unsaturated/α-hetero) is 1. The van der Waals surface area contributed by atoms with Gasteiger partial charge in [0.2, 0.25) is 17.7 Å². The number of aliphatic hydroxyl groups is 1. The van der Waals surface area contributed by atoms with Gasteiger partial charge in [-0.3, -0.25) is 29.3 Å². The van der Waals surface area contributed by atoms with Crippen molar-refractivity contribution in [3.8, 4) is 0 Å². The molecule has 7 aliphatic rings. The van der Waals surface area contributed by atoms with Crippen molar-refractivity contribution in [2.45, 2.75) is 212 Å². The third kappa shape index (κ3) is 15.4. The van der Waals surface area contributed by atoms with Crippen LogP contribution < -0.4 is 37.6 Å². The molecule has 1 heterocycles. The SMILES string of the molecule is CCCC1O[C@@H]2CC3[C@@H]4C[C@H](F)C5=CC(=O)C=C[C@]5(C)[C@@]4(F)[C@@H](O)C[C@]3(C)[C@]2(C(=O)COCNC(=O)OCc2ccc(NC(=O)[C@H](CCCNC(N)=O)NC(=O)[C@@H](NC(=O)CC(C)(C)OCCC(C)(C)NC(=O)OCC3[C@H]4CC/C=C\CC[C@@H]34)C(C)C)cc2)O1. The molecule has 90 heavy (non-hydrogen) atoms. The third-order valence-corrected chi connectivity index (χ3v) is 20.0. The van der Waals surface area contributed by atoms with E-state index in [-0.39, 0.29) is 63.9 Å². The summed E-state index contributed by atoms with van der Waals surface area (Å²) in [5, 5.41) is 28.2. The number of alkyl halides is 2. The summed E-state index contributed by atoms with van der Waals surface area (Å²) in [5.41, 5.74) is -2.39. The second-order valence-corrected chi connectivity index (χ2v) is 27.7. The van der Waals surface area contributed by atoms with E-state index in [4.69, 9.17) is 34.2 Å². The van der Waals surface area contributed by atoms with E-state index < -0.39 is 149 Å². The monoisotopic (exact) mass is 1260 g/mol. The van der Waals surface area contributed by atoms with E-state index >= 15 is 8.78 Å². The molecule has 1 aliphatic heterocycles. The molecule has 15 atom stereocenters. The van der Waals surface area contributed by atoms with Gasteiger partial charge in [-0.25, -0.2) is 23.2 Å². The molecule has 498 valence electrons. The predicted molar refractivity (Wildman–Crippen MR) is 327 cm³/mol. The molecule has 1 aromatic carbocycles. The van der Waals surface area contributed by atoms with Crippen molar-refractivity contribution in [2.24, 2.45) is 52.1 Å². The number of nitrogens with one attached hydrogen (secondary N) is 6. The van der Waals surface area contributed by atoms with Gasteiger partial charge in [-0.05, 0) is 170 Å². The number of fused-ring (bicyclic) bond motifs is 8. The number of alkyl carbamates (subject to hydrolysis) is 2. The standard InChI is InChI=1S/C66H95F2N7O15/c1-10-16-54-89-52-31-45-46-30-48(67)47-29-41(76)24-25-63(47,8)65(46,68)50(77)32-64(45,9)66(52,90-54)51(78)36-85-37-71-59(83)86-34-39-20-22-40(23-21-39)72-56(80)49(19-15-27-70-58(69)82)73-57(81)55(38(2)3)74-53(79)33-62(6,7)88-28-26-61(4,5)75-60(84)87-35-44-42-17-13-11-12-14-18-43(42)44/h11-12,20-25,29,38,42-46,48-50,52,54-55,77H,10,13-19,26-28,30-37H2,1-9H3,(H,71,83)(H,72,80)(H,73,81)(H,74,79)(H,75,84)(H3,69,70,82)/b12-11-/t42-,43+,44?,45?,46-,48-,49-,50-,52+,54?,55-,63-,64-,65-,66+/m0/s1. The van der Waals surface area contributed by atoms with Crippen LogP contribution in [0.2, 0.25) is 0 Å². The van der Waals surface area contributed by atoms with E-state index in [0.717, 1.165) is 31.8 Å². The van der Waals surface area contributed by atoms with Gasteiger partial charge in [-0.15, -0.1) is 0 Å². The first-order valence-corrected chi connectivity index (χ1v) is 32.1. The van der Waals surface area contributed by atoms with Crippen LogP contribution in [0.3, 0.4) is 0 Å². The summed E-state index contributed by atoms with van der Waals surface area (Å²) >= 11 is 0. The Morgan fingerprint density at radius 2 is 1.61 bits per heavy atom. The number of nitrogens with two attached hydrogens (primary N) is 1. The molecule has 0 aromatic heterocycles. The lowest BCUT2D eigenvalue weighted by Crippen LogP contribution is -2.71. The van der Waals surface area contributed by atoms with Crippen molar-refractivity contribution in [2.75, 3.05) is 38.4 Å². The Balaban J connectivity index is 0.784. The number of halogens is 2. The highest BCUT2D eigenvalue weighted by atomic mass is 19.1. The van der Waals surface area contributed by atoms with Gasteiger partial charge in [-0.2, -0.15) is 0 Å². The van der Waals surface area contributed by atoms with E-state index in [1.807, 2.05) is 20.8 Å². The number of benzene rings is 1. The summed E-state index contributed by atoms with van der Waals surface area (Å²) in [6.07, 6.45) is 7.64. The van der Waals surface area contributed by atoms with Crippen LogP contribution in [0.4, 0.5) is 28.9 Å². The molecule has 0 bridgehead atoms. The summed E-state index contributed by atoms with van der Waals surface area (Å²) in [6, 6.07) is 3.41. The number of anilines is 1. The number of urea groups is 1. The van der Waals surface area contributed by atoms with Gasteiger partial charge >= 0.3 is 18.2 Å². The second kappa shape index (κ2) is 28.7. The van der Waals surface area contributed by atoms with Crippen LogP contribution in [0.15, 0.2) is 60.2 Å². The number of ether oxygens (including phenoxy) is 6. The van der Waals surface area contributed by atoms with Crippen LogP contribution in [-0.2, 0) is 59.0 Å². The number of primary amides is 1. The fourth-order valence-corrected chi connectivity index (χ4v) is 15.2. The molecule has 6 aliphatic carbocycles. The molecule has 5 fully saturated rings. The second-order valence-electron chi connectivity index (χ2n) is 27.7. The van der Waals surface area contributed by atoms with E-state index in [2.05, 4.69) is 44.1 Å². The zero-order valence-electron chi connectivity index (χ0n) is 53.6. The molecule has 1 aromatic rings. The molecule has 7 amide bonds. The Morgan fingerprint density at radius 3 is 2.28 bits per heavy atom. The fourth-order valence-electron chi connectivity index (χ4n) is 15.2. The molecule has 0 radical (unpaired) electrons. The van der Waals surface area contributed by atoms with Crippen molar-refractivity contribution >= 4 is 53.2 Å². The Kier molecular flexibility index (Phi) is 22.2. The lowest BCUT2D eigenvalue weighted by molar-refractivity contribution is -0.235. The Morgan fingerprint density at radius 1 is 0.911 bits per heavy atom. The van der Waals surface area contributed by atoms with E-state index in [9.17, 15) is 43.5 Å². The van der Waals surface area contributed by atoms with Crippen molar-refractivity contribution in [3.05, 3.63) is 65.8 Å². The third-order valence-electron chi connectivity index (χ3n) is 20.0. The van der Waals surface area contributed by atoms with Crippen molar-refractivity contribution in [1.29, 1.82) is 0 Å². The number of ketones is 2. The van der Waals surface area contributed by atoms with Gasteiger partial charge in [0.05, 0.1) is 30.8 Å². The predicted octanol–water partition coefficient (Wildman–Crippen LogP) is 7.75. The number of carbonyl (C=O) groups is 8. The highest BCUT2D eigenvalue weighted by Gasteiger charge is 2.80. The minimum atomic E-state index is -2.36. The van der Waals surface area contributed by atoms with E-state index in [0.29, 0.717) is 54.9 Å². The van der Waals surface area contributed by atoms with Crippen LogP contribution in [0.1, 0.15) is 151 Å². The minimum absolute atomic E-state index is 0.00620. The topological polar surface area (TPSA) is 310 Å². The van der Waals surface area contributed by atoms with Crippen LogP contribution in [0.5, 0.6) is 0 Å². The Bertz CT molecular complexity index is 2890. The first-order valence-electron chi connectivity index (χ1n) is 32.1. The van der Waals surface area contributed by atoms with Crippen LogP contribution in [0.25, 0.3) is 0 Å². The number of hydrogen-bond donors (Lipinski definition) is 8. The maximum Gasteiger partial charge on any atom is 0.409 e. The number of aliphatic hydroxyl groups excluding tert-OH is 1. The normalized spacial score (nSPS) is 31.7. The van der Waals surface area contributed by atoms with Crippen LogP contribution in [0, 0.1) is 46.3 Å². The van der Waals surface area contributed by atoms with Gasteiger partial charge in [-0.1, -0.05) is 64.5 Å². The van der Waals surface area contributed by atoms with Gasteiger partial charge < -0.3 is 65.8 Å². The molecule has 8 rings (SSSR count). The number of rotatable bonds is 28. The molecule has 1 saturated heterocycles. The lowest BCUT2D eigenvalue weighted by atomic mass is 9.44. The Labute approximate surface area is 526 Å². The van der Waals surface area contributed by atoms with Gasteiger partial charge in [0.25, 0.3) is 0 Å². The maximum atomic E-state index is 17.9. The average Bonchev–Trinajstić information content (AvgIpc) is 1.57. The molecule has 4 saturated carbocycles. The molecule has 3 unspecified atom stereocenters. The van der Waals surface area contributed by atoms with Crippen LogP contribution in [-0.4, -0.2) is 145 Å². The number of hydrogen-bond acceptors (Lipinski definition) is 15. The van der Waals surface area contributed by atoms with Crippen molar-refractivity contribution in [1.82, 2.24) is 26.6 Å². The minimum Gasteiger partial charge on any atom is -0.449 e. The van der Waals surface area contributed by atoms with Crippen LogP contribution >= 0.6 is 0 Å². The van der Waals surface area contributed by atoms with E-state index in [1.165, 1.54) is 19.1 Å². The fraction of sp³-hybridized carbons (Fsp3) is 0.697. The molecule has 22 nitrogen and oxygen atoms in total. The highest BCUT2D eigenvalue weighted by Crippen LogP contribution is 2.72. The summed E-state index contributed by atoms with van der Waals surface area (Å²) in [6.45, 7) is 15.5. The average molecular weight is 1260 g/mol. The summed E-state index contributed by atoms with van der Waals surface area (Å²) in [5.74, 6) is -3.16. The highest BCUT2D eigenvalue weighted by molar-refractivity contribution is 6.01. The first kappa shape index (κ1) is 69.5. The van der Waals surface area contributed by atoms with Crippen molar-refractivity contribution < 1.29 is 80.7 Å². The molecular formula is C66H95F2N7O15. The largest absolute Gasteiger partial charge is 0.449 e. The molecular weight excluding hydrogens is 1170 g/mol. The number of amides is 7. The molecule has 0 spiro atoms. The maximum absolute atomic E-state index is 17.9. The summed E-state index contributed by atoms with van der Waals surface area (Å²) in [4.78, 5) is 105.